The Labute approximate surface area is 185 Å². The average molecular weight is 436 g/mol. The number of rotatable bonds is 8. The Bertz CT molecular complexity index is 1140. The number of thioether (sulfide) groups is 2. The first kappa shape index (κ1) is 20.8. The number of aryl methyl sites for hydroxylation is 2. The fourth-order valence-corrected chi connectivity index (χ4v) is 5.40. The van der Waals surface area contributed by atoms with E-state index >= 15 is 0 Å². The molecule has 4 nitrogen and oxygen atoms in total. The van der Waals surface area contributed by atoms with Gasteiger partial charge in [0.25, 0.3) is 0 Å². The van der Waals surface area contributed by atoms with E-state index in [0.717, 1.165) is 45.6 Å². The largest absolute Gasteiger partial charge is 0.497 e. The highest BCUT2D eigenvalue weighted by molar-refractivity contribution is 7.99. The second kappa shape index (κ2) is 9.58. The van der Waals surface area contributed by atoms with Crippen LogP contribution in [0.15, 0.2) is 64.8 Å². The number of fused-ring (bicyclic) bond motifs is 1. The summed E-state index contributed by atoms with van der Waals surface area (Å²) in [6.07, 6.45) is 3.07. The Morgan fingerprint density at radius 1 is 1.03 bits per heavy atom. The zero-order chi connectivity index (χ0) is 20.9. The fourth-order valence-electron chi connectivity index (χ4n) is 3.34. The second-order valence-corrected chi connectivity index (χ2v) is 9.21. The van der Waals surface area contributed by atoms with Gasteiger partial charge in [-0.1, -0.05) is 42.1 Å². The molecule has 6 heteroatoms. The number of nitrogens with zero attached hydrogens (tertiary/aromatic N) is 2. The van der Waals surface area contributed by atoms with Gasteiger partial charge in [-0.3, -0.25) is 4.98 Å². The maximum atomic E-state index is 5.29. The number of benzene rings is 2. The number of aromatic amines is 1. The Morgan fingerprint density at radius 3 is 2.67 bits per heavy atom. The monoisotopic (exact) mass is 435 g/mol. The predicted molar refractivity (Wildman–Crippen MR) is 127 cm³/mol. The molecule has 0 amide bonds. The normalized spacial score (nSPS) is 11.2. The molecule has 0 unspecified atom stereocenters. The van der Waals surface area contributed by atoms with Gasteiger partial charge in [-0.2, -0.15) is 0 Å². The van der Waals surface area contributed by atoms with Crippen molar-refractivity contribution in [1.82, 2.24) is 15.0 Å². The third-order valence-electron chi connectivity index (χ3n) is 5.04. The molecule has 0 spiro atoms. The lowest BCUT2D eigenvalue weighted by molar-refractivity contribution is 0.415. The quantitative estimate of drug-likeness (QED) is 0.333. The molecule has 2 heterocycles. The smallest absolute Gasteiger partial charge is 0.166 e. The van der Waals surface area contributed by atoms with E-state index in [4.69, 9.17) is 9.72 Å². The van der Waals surface area contributed by atoms with Gasteiger partial charge in [-0.25, -0.2) is 4.98 Å². The van der Waals surface area contributed by atoms with Crippen LogP contribution in [0.1, 0.15) is 22.4 Å². The van der Waals surface area contributed by atoms with Crippen LogP contribution in [-0.4, -0.2) is 27.8 Å². The molecular weight excluding hydrogens is 410 g/mol. The summed E-state index contributed by atoms with van der Waals surface area (Å²) >= 11 is 3.61. The summed E-state index contributed by atoms with van der Waals surface area (Å²) in [6, 6.07) is 16.5. The summed E-state index contributed by atoms with van der Waals surface area (Å²) in [5.41, 5.74) is 6.96. The molecule has 0 radical (unpaired) electrons. The Kier molecular flexibility index (Phi) is 6.65. The Balaban J connectivity index is 1.43. The average Bonchev–Trinajstić information content (AvgIpc) is 3.18. The number of hydrogen-bond acceptors (Lipinski definition) is 5. The SMILES string of the molecule is COc1ccc2nc(SCc3ncc(C)c(SCCc4ccccc4)c3C)[nH]c2c1. The van der Waals surface area contributed by atoms with Crippen molar-refractivity contribution in [2.75, 3.05) is 12.9 Å². The van der Waals surface area contributed by atoms with Crippen LogP contribution >= 0.6 is 23.5 Å². The maximum absolute atomic E-state index is 5.29. The van der Waals surface area contributed by atoms with Crippen molar-refractivity contribution >= 4 is 34.6 Å². The van der Waals surface area contributed by atoms with Crippen LogP contribution in [0.4, 0.5) is 0 Å². The molecule has 0 aliphatic rings. The molecule has 154 valence electrons. The van der Waals surface area contributed by atoms with Gasteiger partial charge in [0.2, 0.25) is 0 Å². The highest BCUT2D eigenvalue weighted by Crippen LogP contribution is 2.31. The van der Waals surface area contributed by atoms with Crippen LogP contribution in [0.2, 0.25) is 0 Å². The van der Waals surface area contributed by atoms with Crippen molar-refractivity contribution in [1.29, 1.82) is 0 Å². The molecule has 4 rings (SSSR count). The third kappa shape index (κ3) is 4.82. The van der Waals surface area contributed by atoms with Crippen LogP contribution in [0, 0.1) is 13.8 Å². The first-order chi connectivity index (χ1) is 14.6. The summed E-state index contributed by atoms with van der Waals surface area (Å²) in [5, 5.41) is 0.901. The van der Waals surface area contributed by atoms with Crippen LogP contribution in [-0.2, 0) is 12.2 Å². The van der Waals surface area contributed by atoms with Gasteiger partial charge in [0.1, 0.15) is 5.75 Å². The van der Waals surface area contributed by atoms with E-state index in [1.807, 2.05) is 36.2 Å². The molecule has 2 aromatic heterocycles. The number of methoxy groups -OCH3 is 1. The zero-order valence-corrected chi connectivity index (χ0v) is 19.1. The molecule has 4 aromatic rings. The lowest BCUT2D eigenvalue weighted by Gasteiger charge is -2.13. The summed E-state index contributed by atoms with van der Waals surface area (Å²) in [4.78, 5) is 14.1. The maximum Gasteiger partial charge on any atom is 0.166 e. The first-order valence-corrected chi connectivity index (χ1v) is 11.9. The molecular formula is C24H25N3OS2. The molecule has 0 atom stereocenters. The van der Waals surface area contributed by atoms with Gasteiger partial charge in [-0.15, -0.1) is 11.8 Å². The summed E-state index contributed by atoms with van der Waals surface area (Å²) in [7, 11) is 1.68. The number of pyridine rings is 1. The number of hydrogen-bond donors (Lipinski definition) is 1. The second-order valence-electron chi connectivity index (χ2n) is 7.14. The highest BCUT2D eigenvalue weighted by Gasteiger charge is 2.12. The van der Waals surface area contributed by atoms with E-state index in [-0.39, 0.29) is 0 Å². The van der Waals surface area contributed by atoms with Gasteiger partial charge >= 0.3 is 0 Å². The minimum absolute atomic E-state index is 0.787. The van der Waals surface area contributed by atoms with E-state index < -0.39 is 0 Å². The van der Waals surface area contributed by atoms with Crippen molar-refractivity contribution in [2.24, 2.45) is 0 Å². The van der Waals surface area contributed by atoms with Crippen LogP contribution < -0.4 is 4.74 Å². The van der Waals surface area contributed by atoms with E-state index in [2.05, 4.69) is 54.1 Å². The molecule has 0 saturated heterocycles. The van der Waals surface area contributed by atoms with Crippen molar-refractivity contribution in [3.63, 3.8) is 0 Å². The van der Waals surface area contributed by atoms with Gasteiger partial charge in [0.15, 0.2) is 5.16 Å². The third-order valence-corrected chi connectivity index (χ3v) is 7.25. The molecule has 1 N–H and O–H groups in total. The van der Waals surface area contributed by atoms with Crippen LogP contribution in [0.25, 0.3) is 11.0 Å². The van der Waals surface area contributed by atoms with Gasteiger partial charge < -0.3 is 9.72 Å². The van der Waals surface area contributed by atoms with Crippen molar-refractivity contribution in [2.45, 2.75) is 36.1 Å². The Hall–Kier alpha value is -2.44. The molecule has 0 saturated carbocycles. The molecule has 0 aliphatic heterocycles. The zero-order valence-electron chi connectivity index (χ0n) is 17.4. The van der Waals surface area contributed by atoms with Gasteiger partial charge in [-0.05, 0) is 49.1 Å². The van der Waals surface area contributed by atoms with Crippen LogP contribution in [0.3, 0.4) is 0 Å². The topological polar surface area (TPSA) is 50.8 Å². The van der Waals surface area contributed by atoms with Crippen molar-refractivity contribution in [3.8, 4) is 5.75 Å². The number of H-pyrrole nitrogens is 1. The first-order valence-electron chi connectivity index (χ1n) is 9.92. The standard InChI is InChI=1S/C24H25N3OS2/c1-16-14-25-22(17(2)23(16)29-12-11-18-7-5-4-6-8-18)15-30-24-26-20-10-9-19(28-3)13-21(20)27-24/h4-10,13-14H,11-12,15H2,1-3H3,(H,26,27). The van der Waals surface area contributed by atoms with Crippen molar-refractivity contribution in [3.05, 3.63) is 77.1 Å². The fraction of sp³-hybridized carbons (Fsp3) is 0.250. The van der Waals surface area contributed by atoms with Crippen molar-refractivity contribution < 1.29 is 4.74 Å². The molecule has 0 bridgehead atoms. The van der Waals surface area contributed by atoms with Crippen LogP contribution in [0.5, 0.6) is 5.75 Å². The molecule has 0 aliphatic carbocycles. The lowest BCUT2D eigenvalue weighted by Crippen LogP contribution is -1.98. The molecule has 0 fully saturated rings. The summed E-state index contributed by atoms with van der Waals surface area (Å²) in [5.74, 6) is 2.68. The minimum Gasteiger partial charge on any atom is -0.497 e. The minimum atomic E-state index is 0.787. The number of ether oxygens (including phenoxy) is 1. The highest BCUT2D eigenvalue weighted by atomic mass is 32.2. The van der Waals surface area contributed by atoms with E-state index in [0.29, 0.717) is 0 Å². The van der Waals surface area contributed by atoms with Gasteiger partial charge in [0, 0.05) is 28.7 Å². The Morgan fingerprint density at radius 2 is 1.87 bits per heavy atom. The number of nitrogens with one attached hydrogen (secondary N) is 1. The summed E-state index contributed by atoms with van der Waals surface area (Å²) < 4.78 is 5.29. The molecule has 30 heavy (non-hydrogen) atoms. The van der Waals surface area contributed by atoms with Gasteiger partial charge in [0.05, 0.1) is 23.8 Å². The van der Waals surface area contributed by atoms with E-state index in [9.17, 15) is 0 Å². The summed E-state index contributed by atoms with van der Waals surface area (Å²) in [6.45, 7) is 4.33. The predicted octanol–water partition coefficient (Wildman–Crippen LogP) is 6.21. The molecule has 2 aromatic carbocycles. The number of imidazole rings is 1. The van der Waals surface area contributed by atoms with E-state index in [1.165, 1.54) is 21.6 Å². The van der Waals surface area contributed by atoms with E-state index in [1.54, 1.807) is 18.9 Å². The lowest BCUT2D eigenvalue weighted by atomic mass is 10.2. The number of aromatic nitrogens is 3.